The highest BCUT2D eigenvalue weighted by Crippen LogP contribution is 2.19. The van der Waals surface area contributed by atoms with Gasteiger partial charge in [-0.15, -0.1) is 0 Å². The Morgan fingerprint density at radius 3 is 2.36 bits per heavy atom. The Morgan fingerprint density at radius 2 is 1.71 bits per heavy atom. The lowest BCUT2D eigenvalue weighted by atomic mass is 10.2. The number of carbonyl (C=O) groups excluding carboxylic acids is 1. The molecule has 0 saturated carbocycles. The van der Waals surface area contributed by atoms with Gasteiger partial charge in [0.2, 0.25) is 5.95 Å². The van der Waals surface area contributed by atoms with E-state index in [1.54, 1.807) is 0 Å². The monoisotopic (exact) mass is 396 g/mol. The maximum Gasteiger partial charge on any atom is 0.254 e. The lowest BCUT2D eigenvalue weighted by Crippen LogP contribution is -2.24. The number of amides is 1. The number of halogens is 1. The van der Waals surface area contributed by atoms with Gasteiger partial charge in [-0.3, -0.25) is 4.79 Å². The average molecular weight is 397 g/mol. The predicted molar refractivity (Wildman–Crippen MR) is 110 cm³/mol. The number of nitrogens with zero attached hydrogens (tertiary/aromatic N) is 2. The van der Waals surface area contributed by atoms with E-state index in [4.69, 9.17) is 16.3 Å². The van der Waals surface area contributed by atoms with Crippen LogP contribution in [0, 0.1) is 0 Å². The molecule has 0 saturated heterocycles. The smallest absolute Gasteiger partial charge is 0.254 e. The minimum atomic E-state index is -0.171. The molecular formula is C21H21ClN4O2. The fraction of sp³-hybridized carbons (Fsp3) is 0.190. The summed E-state index contributed by atoms with van der Waals surface area (Å²) in [6, 6.07) is 15.0. The molecule has 0 aliphatic rings. The third kappa shape index (κ3) is 5.69. The largest absolute Gasteiger partial charge is 0.489 e. The molecule has 1 heterocycles. The number of hydrogen-bond donors (Lipinski definition) is 2. The molecule has 28 heavy (non-hydrogen) atoms. The van der Waals surface area contributed by atoms with Gasteiger partial charge in [-0.05, 0) is 48.4 Å². The van der Waals surface area contributed by atoms with Crippen molar-refractivity contribution < 1.29 is 9.53 Å². The first kappa shape index (κ1) is 19.6. The molecule has 0 atom stereocenters. The first-order chi connectivity index (χ1) is 13.6. The molecule has 0 aliphatic carbocycles. The first-order valence-corrected chi connectivity index (χ1v) is 9.36. The van der Waals surface area contributed by atoms with Gasteiger partial charge in [0.25, 0.3) is 5.91 Å². The second kappa shape index (κ2) is 9.71. The van der Waals surface area contributed by atoms with E-state index in [1.807, 2.05) is 55.5 Å². The van der Waals surface area contributed by atoms with E-state index in [1.165, 1.54) is 12.4 Å². The molecule has 3 aromatic rings. The number of hydrogen-bond acceptors (Lipinski definition) is 5. The van der Waals surface area contributed by atoms with Crippen molar-refractivity contribution in [1.29, 1.82) is 0 Å². The Labute approximate surface area is 168 Å². The highest BCUT2D eigenvalue weighted by Gasteiger charge is 2.06. The first-order valence-electron chi connectivity index (χ1n) is 8.98. The summed E-state index contributed by atoms with van der Waals surface area (Å²) in [4.78, 5) is 20.2. The van der Waals surface area contributed by atoms with Gasteiger partial charge in [-0.25, -0.2) is 9.97 Å². The van der Waals surface area contributed by atoms with Gasteiger partial charge in [0.05, 0.1) is 5.56 Å². The van der Waals surface area contributed by atoms with Crippen molar-refractivity contribution in [3.8, 4) is 5.75 Å². The fourth-order valence-electron chi connectivity index (χ4n) is 2.36. The van der Waals surface area contributed by atoms with Crippen LogP contribution in [0.2, 0.25) is 5.02 Å². The zero-order chi connectivity index (χ0) is 19.8. The summed E-state index contributed by atoms with van der Waals surface area (Å²) in [7, 11) is 0. The zero-order valence-electron chi connectivity index (χ0n) is 15.5. The summed E-state index contributed by atoms with van der Waals surface area (Å²) in [5.41, 5.74) is 2.30. The number of benzene rings is 2. The molecule has 6 nitrogen and oxygen atoms in total. The molecule has 0 radical (unpaired) electrons. The van der Waals surface area contributed by atoms with Crippen LogP contribution in [-0.4, -0.2) is 22.4 Å². The zero-order valence-corrected chi connectivity index (χ0v) is 16.2. The molecule has 1 aromatic heterocycles. The highest BCUT2D eigenvalue weighted by molar-refractivity contribution is 6.30. The lowest BCUT2D eigenvalue weighted by molar-refractivity contribution is 0.0953. The molecule has 0 bridgehead atoms. The van der Waals surface area contributed by atoms with Crippen LogP contribution < -0.4 is 15.4 Å². The second-order valence-corrected chi connectivity index (χ2v) is 6.55. The normalized spacial score (nSPS) is 10.4. The van der Waals surface area contributed by atoms with Gasteiger partial charge in [-0.2, -0.15) is 0 Å². The van der Waals surface area contributed by atoms with Crippen molar-refractivity contribution in [2.45, 2.75) is 20.0 Å². The number of nitrogens with one attached hydrogen (secondary N) is 2. The summed E-state index contributed by atoms with van der Waals surface area (Å²) in [6.45, 7) is 3.09. The maximum atomic E-state index is 11.9. The molecule has 7 heteroatoms. The van der Waals surface area contributed by atoms with Crippen molar-refractivity contribution >= 4 is 29.1 Å². The van der Waals surface area contributed by atoms with E-state index >= 15 is 0 Å². The molecule has 0 fully saturated rings. The maximum absolute atomic E-state index is 11.9. The van der Waals surface area contributed by atoms with Gasteiger partial charge in [-0.1, -0.05) is 30.7 Å². The van der Waals surface area contributed by atoms with E-state index < -0.39 is 0 Å². The van der Waals surface area contributed by atoms with Crippen LogP contribution >= 0.6 is 11.6 Å². The topological polar surface area (TPSA) is 76.1 Å². The molecule has 1 amide bonds. The number of anilines is 2. The van der Waals surface area contributed by atoms with E-state index in [2.05, 4.69) is 20.6 Å². The second-order valence-electron chi connectivity index (χ2n) is 6.12. The Balaban J connectivity index is 1.53. The molecule has 3 rings (SSSR count). The van der Waals surface area contributed by atoms with E-state index in [0.29, 0.717) is 29.7 Å². The number of aromatic nitrogens is 2. The van der Waals surface area contributed by atoms with E-state index in [9.17, 15) is 4.79 Å². The minimum Gasteiger partial charge on any atom is -0.489 e. The predicted octanol–water partition coefficient (Wildman–Crippen LogP) is 4.59. The third-order valence-corrected chi connectivity index (χ3v) is 4.13. The Kier molecular flexibility index (Phi) is 6.81. The summed E-state index contributed by atoms with van der Waals surface area (Å²) < 4.78 is 5.76. The molecule has 0 spiro atoms. The van der Waals surface area contributed by atoms with Crippen LogP contribution in [0.3, 0.4) is 0 Å². The van der Waals surface area contributed by atoms with Crippen molar-refractivity contribution in [3.63, 3.8) is 0 Å². The summed E-state index contributed by atoms with van der Waals surface area (Å²) in [5.74, 6) is 1.00. The van der Waals surface area contributed by atoms with Crippen LogP contribution in [0.25, 0.3) is 0 Å². The van der Waals surface area contributed by atoms with Crippen molar-refractivity contribution in [2.24, 2.45) is 0 Å². The van der Waals surface area contributed by atoms with Gasteiger partial charge < -0.3 is 15.4 Å². The Morgan fingerprint density at radius 1 is 1.04 bits per heavy atom. The summed E-state index contributed by atoms with van der Waals surface area (Å²) in [5, 5.41) is 6.59. The molecule has 2 N–H and O–H groups in total. The van der Waals surface area contributed by atoms with Crippen molar-refractivity contribution in [1.82, 2.24) is 15.3 Å². The fourth-order valence-corrected chi connectivity index (χ4v) is 2.49. The summed E-state index contributed by atoms with van der Waals surface area (Å²) in [6.07, 6.45) is 3.89. The van der Waals surface area contributed by atoms with Crippen LogP contribution in [-0.2, 0) is 6.61 Å². The molecule has 2 aromatic carbocycles. The van der Waals surface area contributed by atoms with Gasteiger partial charge in [0, 0.05) is 29.6 Å². The molecular weight excluding hydrogens is 376 g/mol. The average Bonchev–Trinajstić information content (AvgIpc) is 2.73. The number of carbonyl (C=O) groups is 1. The van der Waals surface area contributed by atoms with Crippen LogP contribution in [0.5, 0.6) is 5.75 Å². The molecule has 0 aliphatic heterocycles. The van der Waals surface area contributed by atoms with Crippen LogP contribution in [0.1, 0.15) is 29.3 Å². The van der Waals surface area contributed by atoms with E-state index in [0.717, 1.165) is 23.4 Å². The van der Waals surface area contributed by atoms with Crippen LogP contribution in [0.4, 0.5) is 11.6 Å². The van der Waals surface area contributed by atoms with Gasteiger partial charge >= 0.3 is 0 Å². The van der Waals surface area contributed by atoms with Gasteiger partial charge in [0.1, 0.15) is 12.4 Å². The SMILES string of the molecule is CCCNC(=O)c1cnc(Nc2ccc(OCc3ccc(Cl)cc3)cc2)nc1. The standard InChI is InChI=1S/C21H21ClN4O2/c1-2-11-23-20(27)16-12-24-21(25-13-16)26-18-7-9-19(10-8-18)28-14-15-3-5-17(22)6-4-15/h3-10,12-13H,2,11,14H2,1H3,(H,23,27)(H,24,25,26). The number of rotatable bonds is 8. The molecule has 0 unspecified atom stereocenters. The molecule has 144 valence electrons. The summed E-state index contributed by atoms with van der Waals surface area (Å²) >= 11 is 5.88. The Bertz CT molecular complexity index is 897. The Hall–Kier alpha value is -3.12. The van der Waals surface area contributed by atoms with Crippen LogP contribution in [0.15, 0.2) is 60.9 Å². The van der Waals surface area contributed by atoms with Crippen molar-refractivity contribution in [3.05, 3.63) is 77.1 Å². The lowest BCUT2D eigenvalue weighted by Gasteiger charge is -2.09. The van der Waals surface area contributed by atoms with E-state index in [-0.39, 0.29) is 5.91 Å². The third-order valence-electron chi connectivity index (χ3n) is 3.88. The quantitative estimate of drug-likeness (QED) is 0.582. The van der Waals surface area contributed by atoms with Crippen molar-refractivity contribution in [2.75, 3.05) is 11.9 Å². The highest BCUT2D eigenvalue weighted by atomic mass is 35.5. The number of ether oxygens (including phenoxy) is 1. The minimum absolute atomic E-state index is 0.171. The van der Waals surface area contributed by atoms with Gasteiger partial charge in [0.15, 0.2) is 0 Å².